The van der Waals surface area contributed by atoms with E-state index in [1.165, 1.54) is 50.2 Å². The predicted molar refractivity (Wildman–Crippen MR) is 410 cm³/mol. The Morgan fingerprint density at radius 1 is 0.722 bits per heavy atom. The number of aromatic hydroxyl groups is 3. The zero-order valence-electron chi connectivity index (χ0n) is 63.2. The van der Waals surface area contributed by atoms with E-state index in [1.54, 1.807) is 19.1 Å². The fourth-order valence-electron chi connectivity index (χ4n) is 14.6. The number of nitrogens with two attached hydrogens (primary N) is 2. The number of nitrogens with one attached hydrogen (secondary N) is 6. The van der Waals surface area contributed by atoms with Crippen LogP contribution in [0.1, 0.15) is 151 Å². The van der Waals surface area contributed by atoms with Crippen molar-refractivity contribution in [2.24, 2.45) is 29.2 Å². The number of anilines is 1. The van der Waals surface area contributed by atoms with Gasteiger partial charge in [-0.05, 0) is 140 Å². The largest absolute Gasteiger partial charge is 0.508 e. The summed E-state index contributed by atoms with van der Waals surface area (Å²) in [6.07, 6.45) is -18.2. The van der Waals surface area contributed by atoms with Gasteiger partial charge in [0.15, 0.2) is 41.5 Å². The highest BCUT2D eigenvalue weighted by atomic mass is 35.5. The molecule has 7 amide bonds. The SMILES string of the molecule is CCCCOc1ccc(NC(=O)NC(=O)C[C@@H]2CC(=O)[C@H](NC(=O)[C@H](CC)CC(C)C)[C@H](O)c3ccc(c(Cl)c3)Oc3cc4cc(c3O[C@@H]3O[C@H](CN)[C@@H](O)[C@H](O)[C@H]3O[C@H]3C[C@](C)(N)[C@H](O)[C@H](C)O3)Oc3ccc(cc3Cl)[C@@H](O)[C@@H]3NC(=O)[C@H](CC(=O)[C@@H]4NC2=O)c2ccc(O)c(c2)-c2c(O)cc(O)cc2[C@@H](C(=O)O)NC3=O)cc1. The van der Waals surface area contributed by atoms with E-state index in [1.807, 2.05) is 20.8 Å². The number of carboxylic acid groups (broad SMARTS) is 1. The number of benzene rings is 6. The summed E-state index contributed by atoms with van der Waals surface area (Å²) >= 11 is 14.4. The molecule has 7 aliphatic heterocycles. The van der Waals surface area contributed by atoms with E-state index >= 15 is 24.0 Å². The molecule has 33 nitrogen and oxygen atoms in total. The van der Waals surface area contributed by atoms with Crippen molar-refractivity contribution in [2.75, 3.05) is 18.5 Å². The lowest BCUT2D eigenvalue weighted by molar-refractivity contribution is -0.330. The number of Topliss-reactive ketones (excluding diaryl/α,β-unsaturated/α-hetero) is 2. The van der Waals surface area contributed by atoms with Crippen LogP contribution in [0.15, 0.2) is 103 Å². The molecule has 115 heavy (non-hydrogen) atoms. The van der Waals surface area contributed by atoms with E-state index in [4.69, 9.17) is 67.8 Å². The van der Waals surface area contributed by atoms with E-state index in [2.05, 4.69) is 31.9 Å². The number of aliphatic hydroxyl groups excluding tert-OH is 5. The van der Waals surface area contributed by atoms with E-state index in [-0.39, 0.29) is 57.7 Å². The molecule has 13 rings (SSSR count). The van der Waals surface area contributed by atoms with Crippen LogP contribution in [0.5, 0.6) is 51.7 Å². The van der Waals surface area contributed by atoms with Gasteiger partial charge in [-0.3, -0.25) is 38.9 Å². The van der Waals surface area contributed by atoms with Gasteiger partial charge in [-0.2, -0.15) is 0 Å². The number of imide groups is 1. The van der Waals surface area contributed by atoms with E-state index < -0.39 is 250 Å². The second-order valence-electron chi connectivity index (χ2n) is 29.9. The number of urea groups is 1. The lowest BCUT2D eigenvalue weighted by Gasteiger charge is -2.47. The number of halogens is 2. The molecule has 6 aromatic carbocycles. The number of ether oxygens (including phenoxy) is 7. The van der Waals surface area contributed by atoms with Gasteiger partial charge in [-0.25, -0.2) is 9.59 Å². The first-order valence-corrected chi connectivity index (χ1v) is 38.2. The fourth-order valence-corrected chi connectivity index (χ4v) is 15.0. The lowest BCUT2D eigenvalue weighted by atomic mass is 9.84. The third-order valence-electron chi connectivity index (χ3n) is 20.8. The highest BCUT2D eigenvalue weighted by Gasteiger charge is 2.52. The van der Waals surface area contributed by atoms with Gasteiger partial charge in [0, 0.05) is 72.1 Å². The number of carboxylic acids is 1. The summed E-state index contributed by atoms with van der Waals surface area (Å²) in [5.41, 5.74) is 8.98. The monoisotopic (exact) mass is 1630 g/mol. The number of carbonyl (C=O) groups excluding carboxylic acids is 8. The number of aliphatic carboxylic acids is 1. The quantitative estimate of drug-likeness (QED) is 0.0407. The van der Waals surface area contributed by atoms with Gasteiger partial charge in [0.05, 0.1) is 40.7 Å². The molecule has 0 aliphatic carbocycles. The number of ketones is 2. The van der Waals surface area contributed by atoms with Crippen molar-refractivity contribution in [3.05, 3.63) is 141 Å². The van der Waals surface area contributed by atoms with E-state index in [9.17, 15) is 65.1 Å². The summed E-state index contributed by atoms with van der Waals surface area (Å²) in [5, 5.41) is 119. The number of phenols is 3. The molecular weight excluding hydrogens is 1540 g/mol. The molecule has 18 atom stereocenters. The van der Waals surface area contributed by atoms with Crippen LogP contribution in [-0.4, -0.2) is 179 Å². The Bertz CT molecular complexity index is 4690. The van der Waals surface area contributed by atoms with Crippen LogP contribution in [0.4, 0.5) is 10.5 Å². The van der Waals surface area contributed by atoms with Crippen LogP contribution in [0.3, 0.4) is 0 Å². The molecule has 0 radical (unpaired) electrons. The summed E-state index contributed by atoms with van der Waals surface area (Å²) < 4.78 is 44.8. The second-order valence-corrected chi connectivity index (χ2v) is 30.7. The molecule has 0 aromatic heterocycles. The van der Waals surface area contributed by atoms with Gasteiger partial charge in [-0.1, -0.05) is 75.5 Å². The van der Waals surface area contributed by atoms with Crippen LogP contribution >= 0.6 is 23.2 Å². The maximum absolute atomic E-state index is 16.5. The normalized spacial score (nSPS) is 27.3. The number of rotatable bonds is 18. The fraction of sp³-hybridized carbons (Fsp3) is 0.438. The first-order valence-electron chi connectivity index (χ1n) is 37.4. The Morgan fingerprint density at radius 2 is 1.37 bits per heavy atom. The van der Waals surface area contributed by atoms with Crippen LogP contribution in [0.25, 0.3) is 11.1 Å². The standard InChI is InChI=1S/C80H92Cl2N8O25/c1-7-9-20-109-44-15-13-42(14-16-44)85-79(108)86-59(96)28-41-25-52(94)64(89-73(102)36(8-2)21-34(3)4)66(97)38-11-18-54(48(81)23-38)111-56-26-40-27-57(70(56)115-78-71(69(100)68(99)58(33-83)113-78)114-60-32-80(6,84)72(101)35(5)110-60)112-55-19-12-39(24-49(55)82)67(98)65-76(105)88-63(77(106)107)47-29-43(91)30-51(93)61(47)46-22-37(10-17-50(46)92)45(75(104)90-65)31-53(95)62(40)87-74(41)103/h10-19,22-24,26-27,29-30,34-36,41,45,58,60,62-69,71-72,78,91-93,97-101H,7-9,20-21,25,28,31-33,83-84H2,1-6H3,(H,87,103)(H,88,105)(H,89,102)(H,90,104)(H,106,107)(H2,85,86,96,108)/t35-,36+,41-,45+,58+,60-,62+,63-,64-,65-,66+,67+,68+,69-,71+,72+,78-,80-/m0/s1. The highest BCUT2D eigenvalue weighted by Crippen LogP contribution is 2.51. The molecule has 7 aliphatic rings. The highest BCUT2D eigenvalue weighted by molar-refractivity contribution is 6.32. The van der Waals surface area contributed by atoms with E-state index in [0.717, 1.165) is 67.4 Å². The van der Waals surface area contributed by atoms with E-state index in [0.29, 0.717) is 18.8 Å². The smallest absolute Gasteiger partial charge is 0.330 e. The number of fused-ring (bicyclic) bond motifs is 15. The maximum Gasteiger partial charge on any atom is 0.330 e. The van der Waals surface area contributed by atoms with Crippen molar-refractivity contribution in [3.8, 4) is 62.9 Å². The van der Waals surface area contributed by atoms with Crippen molar-refractivity contribution < 1.29 is 122 Å². The Hall–Kier alpha value is -10.3. The van der Waals surface area contributed by atoms with Gasteiger partial charge >= 0.3 is 12.0 Å². The van der Waals surface area contributed by atoms with Crippen LogP contribution in [0.2, 0.25) is 10.0 Å². The zero-order valence-corrected chi connectivity index (χ0v) is 64.8. The predicted octanol–water partition coefficient (Wildman–Crippen LogP) is 6.53. The molecule has 2 saturated heterocycles. The third-order valence-corrected chi connectivity index (χ3v) is 21.4. The molecular formula is C80H92Cl2N8O25. The minimum absolute atomic E-state index is 0.0565. The Morgan fingerprint density at radius 3 is 1.98 bits per heavy atom. The summed E-state index contributed by atoms with van der Waals surface area (Å²) in [6, 6.07) is 10.4. The number of amides is 7. The van der Waals surface area contributed by atoms with Crippen molar-refractivity contribution >= 4 is 82.0 Å². The number of carbonyl (C=O) groups is 9. The number of hydrogen-bond acceptors (Lipinski definition) is 26. The topological polar surface area (TPSA) is 525 Å². The lowest BCUT2D eigenvalue weighted by Crippen LogP contribution is -2.65. The molecule has 19 N–H and O–H groups in total. The first-order chi connectivity index (χ1) is 54.5. The molecule has 0 spiro atoms. The van der Waals surface area contributed by atoms with Crippen LogP contribution in [0, 0.1) is 17.8 Å². The Kier molecular flexibility index (Phi) is 27.0. The van der Waals surface area contributed by atoms with Gasteiger partial charge in [0.1, 0.15) is 83.1 Å². The molecule has 6 aromatic rings. The number of unbranched alkanes of at least 4 members (excludes halogenated alkanes) is 1. The molecule has 35 heteroatoms. The summed E-state index contributed by atoms with van der Waals surface area (Å²) in [5.74, 6) is -19.2. The number of aliphatic hydroxyl groups is 5. The molecule has 11 bridgehead atoms. The molecule has 0 saturated carbocycles. The number of phenolic OH excluding ortho intramolecular Hbond substituents is 3. The third kappa shape index (κ3) is 19.5. The molecule has 0 unspecified atom stereocenters. The number of hydrogen-bond donors (Lipinski definition) is 17. The summed E-state index contributed by atoms with van der Waals surface area (Å²) in [7, 11) is 0. The van der Waals surface area contributed by atoms with Crippen LogP contribution in [-0.2, 0) is 52.6 Å². The molecule has 2 fully saturated rings. The second kappa shape index (κ2) is 36.3. The average molecular weight is 1640 g/mol. The first kappa shape index (κ1) is 85.6. The van der Waals surface area contributed by atoms with Crippen molar-refractivity contribution in [2.45, 2.75) is 190 Å². The Labute approximate surface area is 669 Å². The maximum atomic E-state index is 16.5. The van der Waals surface area contributed by atoms with Gasteiger partial charge in [0.2, 0.25) is 41.6 Å². The van der Waals surface area contributed by atoms with Gasteiger partial charge in [0.25, 0.3) is 0 Å². The Balaban J connectivity index is 1.14. The zero-order chi connectivity index (χ0) is 83.3. The van der Waals surface area contributed by atoms with Crippen molar-refractivity contribution in [1.29, 1.82) is 0 Å². The minimum atomic E-state index is -2.27. The van der Waals surface area contributed by atoms with Crippen molar-refractivity contribution in [3.63, 3.8) is 0 Å². The van der Waals surface area contributed by atoms with Gasteiger partial charge in [-0.15, -0.1) is 0 Å². The summed E-state index contributed by atoms with van der Waals surface area (Å²) in [6.45, 7) is 10.4. The van der Waals surface area contributed by atoms with Gasteiger partial charge < -0.3 is 117 Å². The molecule has 616 valence electrons. The summed E-state index contributed by atoms with van der Waals surface area (Å²) in [4.78, 5) is 135. The molecule has 7 heterocycles. The minimum Gasteiger partial charge on any atom is -0.508 e. The van der Waals surface area contributed by atoms with Crippen LogP contribution < -0.4 is 62.3 Å². The average Bonchev–Trinajstić information content (AvgIpc) is 0.766. The van der Waals surface area contributed by atoms with Crippen molar-refractivity contribution in [1.82, 2.24) is 26.6 Å².